The highest BCUT2D eigenvalue weighted by molar-refractivity contribution is 5.79. The van der Waals surface area contributed by atoms with Gasteiger partial charge in [-0.15, -0.1) is 0 Å². The average molecular weight is 242 g/mol. The zero-order valence-electron chi connectivity index (χ0n) is 10.6. The Hall–Kier alpha value is -0.650. The minimum absolute atomic E-state index is 0.352. The van der Waals surface area contributed by atoms with Crippen LogP contribution in [-0.4, -0.2) is 60.9 Å². The lowest BCUT2D eigenvalue weighted by Crippen LogP contribution is -2.50. The molecule has 2 N–H and O–H groups in total. The maximum Gasteiger partial charge on any atom is 0.323 e. The van der Waals surface area contributed by atoms with Gasteiger partial charge in [-0.2, -0.15) is 0 Å². The Kier molecular flexibility index (Phi) is 3.70. The van der Waals surface area contributed by atoms with Crippen molar-refractivity contribution in [1.29, 1.82) is 0 Å². The molecule has 1 saturated carbocycles. The van der Waals surface area contributed by atoms with Gasteiger partial charge in [0.15, 0.2) is 0 Å². The first-order chi connectivity index (χ1) is 8.09. The van der Waals surface area contributed by atoms with Crippen LogP contribution < -0.4 is 5.32 Å². The predicted octanol–water partition coefficient (Wildman–Crippen LogP) is 0.302. The molecule has 98 valence electrons. The van der Waals surface area contributed by atoms with Gasteiger partial charge in [0.1, 0.15) is 5.54 Å². The van der Waals surface area contributed by atoms with Crippen LogP contribution in [0.4, 0.5) is 0 Å². The third-order valence-corrected chi connectivity index (χ3v) is 4.43. The van der Waals surface area contributed by atoms with E-state index in [1.54, 1.807) is 7.05 Å². The smallest absolute Gasteiger partial charge is 0.323 e. The zero-order chi connectivity index (χ0) is 12.5. The maximum atomic E-state index is 11.3. The van der Waals surface area contributed by atoms with E-state index in [0.717, 1.165) is 26.1 Å². The van der Waals surface area contributed by atoms with E-state index in [4.69, 9.17) is 4.74 Å². The quantitative estimate of drug-likeness (QED) is 0.742. The zero-order valence-corrected chi connectivity index (χ0v) is 10.6. The van der Waals surface area contributed by atoms with Gasteiger partial charge < -0.3 is 15.2 Å². The van der Waals surface area contributed by atoms with Gasteiger partial charge in [-0.25, -0.2) is 0 Å². The number of carboxylic acid groups (broad SMARTS) is 1. The molecule has 2 rings (SSSR count). The summed E-state index contributed by atoms with van der Waals surface area (Å²) >= 11 is 0. The Morgan fingerprint density at radius 3 is 2.71 bits per heavy atom. The van der Waals surface area contributed by atoms with Crippen LogP contribution in [0.15, 0.2) is 0 Å². The summed E-state index contributed by atoms with van der Waals surface area (Å²) in [6.45, 7) is 1.62. The molecule has 17 heavy (non-hydrogen) atoms. The maximum absolute atomic E-state index is 11.3. The Morgan fingerprint density at radius 2 is 2.24 bits per heavy atom. The molecule has 0 radical (unpaired) electrons. The van der Waals surface area contributed by atoms with Gasteiger partial charge in [0, 0.05) is 18.7 Å². The third-order valence-electron chi connectivity index (χ3n) is 4.43. The van der Waals surface area contributed by atoms with Crippen molar-refractivity contribution in [3.8, 4) is 0 Å². The fourth-order valence-electron chi connectivity index (χ4n) is 3.04. The van der Waals surface area contributed by atoms with Crippen molar-refractivity contribution < 1.29 is 14.6 Å². The second-order valence-electron chi connectivity index (χ2n) is 5.22. The lowest BCUT2D eigenvalue weighted by molar-refractivity contribution is -0.144. The summed E-state index contributed by atoms with van der Waals surface area (Å²) in [5.41, 5.74) is -0.724. The molecule has 0 spiro atoms. The number of nitrogens with one attached hydrogen (secondary N) is 1. The van der Waals surface area contributed by atoms with Crippen LogP contribution in [0.25, 0.3) is 0 Å². The number of nitrogens with zero attached hydrogens (tertiary/aromatic N) is 1. The molecule has 5 heteroatoms. The lowest BCUT2D eigenvalue weighted by atomic mass is 9.97. The Morgan fingerprint density at radius 1 is 1.47 bits per heavy atom. The van der Waals surface area contributed by atoms with Crippen molar-refractivity contribution in [2.45, 2.75) is 43.3 Å². The van der Waals surface area contributed by atoms with E-state index in [1.807, 2.05) is 0 Å². The molecule has 3 unspecified atom stereocenters. The summed E-state index contributed by atoms with van der Waals surface area (Å²) in [6.07, 6.45) is 3.40. The van der Waals surface area contributed by atoms with E-state index in [-0.39, 0.29) is 0 Å². The normalized spacial score (nSPS) is 37.8. The van der Waals surface area contributed by atoms with Crippen molar-refractivity contribution in [3.63, 3.8) is 0 Å². The van der Waals surface area contributed by atoms with Crippen molar-refractivity contribution in [1.82, 2.24) is 10.2 Å². The summed E-state index contributed by atoms with van der Waals surface area (Å²) in [7, 11) is 3.84. The molecule has 0 aromatic heterocycles. The average Bonchev–Trinajstić information content (AvgIpc) is 2.98. The predicted molar refractivity (Wildman–Crippen MR) is 64.1 cm³/mol. The molecule has 0 bridgehead atoms. The van der Waals surface area contributed by atoms with E-state index in [0.29, 0.717) is 24.9 Å². The van der Waals surface area contributed by atoms with E-state index in [2.05, 4.69) is 17.3 Å². The highest BCUT2D eigenvalue weighted by Crippen LogP contribution is 2.34. The third kappa shape index (κ3) is 2.32. The molecule has 5 nitrogen and oxygen atoms in total. The van der Waals surface area contributed by atoms with Gasteiger partial charge in [0.05, 0.1) is 6.61 Å². The molecule has 1 aliphatic heterocycles. The van der Waals surface area contributed by atoms with Crippen molar-refractivity contribution >= 4 is 5.97 Å². The van der Waals surface area contributed by atoms with E-state index >= 15 is 0 Å². The Balaban J connectivity index is 1.98. The highest BCUT2D eigenvalue weighted by atomic mass is 16.5. The molecule has 1 saturated heterocycles. The minimum Gasteiger partial charge on any atom is -0.480 e. The summed E-state index contributed by atoms with van der Waals surface area (Å²) in [5.74, 6) is -0.724. The molecule has 3 atom stereocenters. The molecule has 0 amide bonds. The monoisotopic (exact) mass is 242 g/mol. The molecule has 0 aromatic carbocycles. The second kappa shape index (κ2) is 4.92. The molecular weight excluding hydrogens is 220 g/mol. The van der Waals surface area contributed by atoms with Gasteiger partial charge in [-0.3, -0.25) is 9.69 Å². The van der Waals surface area contributed by atoms with Gasteiger partial charge in [0.25, 0.3) is 0 Å². The van der Waals surface area contributed by atoms with E-state index < -0.39 is 11.5 Å². The molecule has 1 heterocycles. The molecule has 0 aromatic rings. The lowest BCUT2D eigenvalue weighted by Gasteiger charge is -2.31. The number of hydrogen-bond donors (Lipinski definition) is 2. The van der Waals surface area contributed by atoms with Crippen molar-refractivity contribution in [2.75, 3.05) is 27.3 Å². The number of hydrogen-bond acceptors (Lipinski definition) is 4. The number of aliphatic carboxylic acids is 1. The summed E-state index contributed by atoms with van der Waals surface area (Å²) in [5, 5.41) is 12.3. The van der Waals surface area contributed by atoms with Gasteiger partial charge in [-0.05, 0) is 39.8 Å². The fraction of sp³-hybridized carbons (Fsp3) is 0.917. The number of likely N-dealkylation sites (N-methyl/N-ethyl adjacent to an activating group) is 2. The van der Waals surface area contributed by atoms with Gasteiger partial charge >= 0.3 is 5.97 Å². The summed E-state index contributed by atoms with van der Waals surface area (Å²) < 4.78 is 5.39. The van der Waals surface area contributed by atoms with Crippen LogP contribution in [0.5, 0.6) is 0 Å². The first kappa shape index (κ1) is 12.8. The first-order valence-corrected chi connectivity index (χ1v) is 6.31. The van der Waals surface area contributed by atoms with Crippen LogP contribution >= 0.6 is 0 Å². The number of rotatable bonds is 4. The van der Waals surface area contributed by atoms with Gasteiger partial charge in [-0.1, -0.05) is 0 Å². The van der Waals surface area contributed by atoms with Crippen LogP contribution in [0, 0.1) is 0 Å². The van der Waals surface area contributed by atoms with Crippen molar-refractivity contribution in [3.05, 3.63) is 0 Å². The first-order valence-electron chi connectivity index (χ1n) is 6.31. The minimum atomic E-state index is -0.724. The Bertz CT molecular complexity index is 291. The summed E-state index contributed by atoms with van der Waals surface area (Å²) in [6, 6.07) is 0.812. The molecular formula is C12H22N2O3. The molecule has 2 fully saturated rings. The van der Waals surface area contributed by atoms with Crippen LogP contribution in [0.1, 0.15) is 25.7 Å². The molecule has 1 aliphatic carbocycles. The SMILES string of the molecule is CNC1(C(=O)O)CCC(N(C)C2CCOC2)C1. The Labute approximate surface area is 102 Å². The summed E-state index contributed by atoms with van der Waals surface area (Å²) in [4.78, 5) is 13.7. The van der Waals surface area contributed by atoms with Crippen LogP contribution in [0.3, 0.4) is 0 Å². The highest BCUT2D eigenvalue weighted by Gasteiger charge is 2.46. The fourth-order valence-corrected chi connectivity index (χ4v) is 3.04. The second-order valence-corrected chi connectivity index (χ2v) is 5.22. The number of carbonyl (C=O) groups is 1. The van der Waals surface area contributed by atoms with E-state index in [1.165, 1.54) is 0 Å². The van der Waals surface area contributed by atoms with Gasteiger partial charge in [0.2, 0.25) is 0 Å². The topological polar surface area (TPSA) is 61.8 Å². The number of carboxylic acids is 1. The van der Waals surface area contributed by atoms with Crippen LogP contribution in [0.2, 0.25) is 0 Å². The van der Waals surface area contributed by atoms with Crippen molar-refractivity contribution in [2.24, 2.45) is 0 Å². The molecule has 2 aliphatic rings. The van der Waals surface area contributed by atoms with E-state index in [9.17, 15) is 9.90 Å². The standard InChI is InChI=1S/C12H22N2O3/c1-13-12(11(15)16)5-3-9(7-12)14(2)10-4-6-17-8-10/h9-10,13H,3-8H2,1-2H3,(H,15,16). The largest absolute Gasteiger partial charge is 0.480 e. The number of ether oxygens (including phenoxy) is 1. The van der Waals surface area contributed by atoms with Crippen LogP contribution in [-0.2, 0) is 9.53 Å².